The molecular weight excluding hydrogens is 401 g/mol. The Morgan fingerprint density at radius 3 is 2.40 bits per heavy atom. The van der Waals surface area contributed by atoms with E-state index in [1.165, 1.54) is 26.1 Å². The Kier molecular flexibility index (Phi) is 6.18. The molecular formula is C19H23F3N6O2. The van der Waals surface area contributed by atoms with E-state index in [1.54, 1.807) is 0 Å². The lowest BCUT2D eigenvalue weighted by molar-refractivity contribution is -0.139. The van der Waals surface area contributed by atoms with Crippen LogP contribution in [0.25, 0.3) is 0 Å². The number of nitrogens with one attached hydrogen (secondary N) is 2. The molecule has 3 amide bonds. The zero-order chi connectivity index (χ0) is 21.9. The molecule has 0 saturated heterocycles. The smallest absolute Gasteiger partial charge is 0.341 e. The van der Waals surface area contributed by atoms with Crippen molar-refractivity contribution in [2.75, 3.05) is 7.05 Å². The number of amides is 3. The van der Waals surface area contributed by atoms with Crippen LogP contribution in [0.4, 0.5) is 18.0 Å². The predicted octanol–water partition coefficient (Wildman–Crippen LogP) is 4.83. The van der Waals surface area contributed by atoms with Crippen molar-refractivity contribution in [2.24, 2.45) is 26.6 Å². The average Bonchev–Trinajstić information content (AvgIpc) is 3.37. The minimum absolute atomic E-state index is 0.190. The van der Waals surface area contributed by atoms with Crippen molar-refractivity contribution in [3.05, 3.63) is 34.9 Å². The summed E-state index contributed by atoms with van der Waals surface area (Å²) in [5.74, 6) is -1.30. The lowest BCUT2D eigenvalue weighted by Gasteiger charge is -2.24. The SMILES string of the molecule is CNC(=O)NC(=O)C(CC1CCCC1)c1ccc(C2(C)N=NN=N2)c(C(F)(F)F)c1. The van der Waals surface area contributed by atoms with E-state index >= 15 is 0 Å². The van der Waals surface area contributed by atoms with Crippen LogP contribution in [0.5, 0.6) is 0 Å². The fraction of sp³-hybridized carbons (Fsp3) is 0.579. The van der Waals surface area contributed by atoms with Gasteiger partial charge in [-0.15, -0.1) is 10.2 Å². The molecule has 1 aromatic carbocycles. The van der Waals surface area contributed by atoms with Gasteiger partial charge in [0.15, 0.2) is 0 Å². The van der Waals surface area contributed by atoms with Crippen LogP contribution in [-0.4, -0.2) is 19.0 Å². The number of benzene rings is 1. The largest absolute Gasteiger partial charge is 0.416 e. The predicted molar refractivity (Wildman–Crippen MR) is 100 cm³/mol. The van der Waals surface area contributed by atoms with E-state index in [4.69, 9.17) is 0 Å². The lowest BCUT2D eigenvalue weighted by atomic mass is 9.84. The Morgan fingerprint density at radius 1 is 1.20 bits per heavy atom. The topological polar surface area (TPSA) is 108 Å². The maximum Gasteiger partial charge on any atom is 0.416 e. The Labute approximate surface area is 171 Å². The number of hydrogen-bond acceptors (Lipinski definition) is 6. The van der Waals surface area contributed by atoms with Crippen molar-refractivity contribution in [1.82, 2.24) is 10.6 Å². The van der Waals surface area contributed by atoms with Gasteiger partial charge in [0, 0.05) is 12.6 Å². The highest BCUT2D eigenvalue weighted by Crippen LogP contribution is 2.43. The van der Waals surface area contributed by atoms with Crippen molar-refractivity contribution in [2.45, 2.75) is 56.8 Å². The van der Waals surface area contributed by atoms with Crippen molar-refractivity contribution in [3.8, 4) is 0 Å². The van der Waals surface area contributed by atoms with Crippen molar-refractivity contribution in [1.29, 1.82) is 0 Å². The highest BCUT2D eigenvalue weighted by molar-refractivity contribution is 5.97. The van der Waals surface area contributed by atoms with Gasteiger partial charge < -0.3 is 5.32 Å². The zero-order valence-corrected chi connectivity index (χ0v) is 16.7. The highest BCUT2D eigenvalue weighted by Gasteiger charge is 2.42. The van der Waals surface area contributed by atoms with E-state index in [0.29, 0.717) is 6.42 Å². The van der Waals surface area contributed by atoms with Crippen LogP contribution in [0.2, 0.25) is 0 Å². The Hall–Kier alpha value is -2.85. The first-order chi connectivity index (χ1) is 14.1. The Bertz CT molecular complexity index is 866. The molecule has 1 atom stereocenters. The second kappa shape index (κ2) is 8.49. The summed E-state index contributed by atoms with van der Waals surface area (Å²) >= 11 is 0. The molecule has 1 unspecified atom stereocenters. The molecule has 2 N–H and O–H groups in total. The monoisotopic (exact) mass is 424 g/mol. The lowest BCUT2D eigenvalue weighted by Crippen LogP contribution is -2.40. The molecule has 8 nitrogen and oxygen atoms in total. The second-order valence-corrected chi connectivity index (χ2v) is 7.71. The summed E-state index contributed by atoms with van der Waals surface area (Å²) in [5, 5.41) is 18.6. The maximum absolute atomic E-state index is 13.9. The van der Waals surface area contributed by atoms with Gasteiger partial charge in [-0.3, -0.25) is 10.1 Å². The molecule has 0 aromatic heterocycles. The molecule has 0 spiro atoms. The molecule has 1 aromatic rings. The molecule has 162 valence electrons. The molecule has 0 bridgehead atoms. The number of nitrogens with zero attached hydrogens (tertiary/aromatic N) is 4. The number of imide groups is 1. The van der Waals surface area contributed by atoms with E-state index in [9.17, 15) is 22.8 Å². The molecule has 2 aliphatic rings. The van der Waals surface area contributed by atoms with Crippen molar-refractivity contribution < 1.29 is 22.8 Å². The van der Waals surface area contributed by atoms with Gasteiger partial charge in [-0.1, -0.05) is 37.8 Å². The minimum atomic E-state index is -4.70. The first-order valence-corrected chi connectivity index (χ1v) is 9.72. The average molecular weight is 424 g/mol. The van der Waals surface area contributed by atoms with Gasteiger partial charge in [0.05, 0.1) is 11.5 Å². The molecule has 1 heterocycles. The molecule has 1 aliphatic carbocycles. The van der Waals surface area contributed by atoms with Crippen LogP contribution in [0.1, 0.15) is 61.6 Å². The summed E-state index contributed by atoms with van der Waals surface area (Å²) in [7, 11) is 1.36. The number of hydrogen-bond donors (Lipinski definition) is 2. The first kappa shape index (κ1) is 21.8. The van der Waals surface area contributed by atoms with Gasteiger partial charge in [0.1, 0.15) is 0 Å². The summed E-state index contributed by atoms with van der Waals surface area (Å²) in [4.78, 5) is 24.4. The number of carbonyl (C=O) groups excluding carboxylic acids is 2. The fourth-order valence-electron chi connectivity index (χ4n) is 4.00. The van der Waals surface area contributed by atoms with Gasteiger partial charge in [-0.25, -0.2) is 4.79 Å². The van der Waals surface area contributed by atoms with Crippen LogP contribution in [0.3, 0.4) is 0 Å². The van der Waals surface area contributed by atoms with Crippen LogP contribution in [0.15, 0.2) is 38.9 Å². The number of halogens is 3. The number of alkyl halides is 3. The molecule has 0 radical (unpaired) electrons. The van der Waals surface area contributed by atoms with Gasteiger partial charge in [0.25, 0.3) is 0 Å². The first-order valence-electron chi connectivity index (χ1n) is 9.72. The quantitative estimate of drug-likeness (QED) is 0.706. The normalized spacial score (nSPS) is 19.1. The molecule has 3 rings (SSSR count). The fourth-order valence-corrected chi connectivity index (χ4v) is 4.00. The number of urea groups is 1. The van der Waals surface area contributed by atoms with Crippen LogP contribution >= 0.6 is 0 Å². The Morgan fingerprint density at radius 2 is 1.83 bits per heavy atom. The van der Waals surface area contributed by atoms with Crippen molar-refractivity contribution >= 4 is 11.9 Å². The van der Waals surface area contributed by atoms with Gasteiger partial charge in [0.2, 0.25) is 11.6 Å². The molecule has 11 heteroatoms. The van der Waals surface area contributed by atoms with Gasteiger partial charge >= 0.3 is 12.2 Å². The van der Waals surface area contributed by atoms with E-state index in [0.717, 1.165) is 31.7 Å². The summed E-state index contributed by atoms with van der Waals surface area (Å²) in [5.41, 5.74) is -2.54. The number of carbonyl (C=O) groups is 2. The minimum Gasteiger partial charge on any atom is -0.341 e. The van der Waals surface area contributed by atoms with E-state index in [-0.39, 0.29) is 17.0 Å². The number of rotatable bonds is 5. The maximum atomic E-state index is 13.9. The van der Waals surface area contributed by atoms with E-state index < -0.39 is 35.3 Å². The second-order valence-electron chi connectivity index (χ2n) is 7.71. The van der Waals surface area contributed by atoms with Gasteiger partial charge in [-0.2, -0.15) is 13.2 Å². The molecule has 30 heavy (non-hydrogen) atoms. The van der Waals surface area contributed by atoms with Crippen LogP contribution in [-0.2, 0) is 16.6 Å². The van der Waals surface area contributed by atoms with Crippen LogP contribution < -0.4 is 10.6 Å². The third-order valence-corrected chi connectivity index (χ3v) is 5.60. The summed E-state index contributed by atoms with van der Waals surface area (Å²) in [6.45, 7) is 1.38. The highest BCUT2D eigenvalue weighted by atomic mass is 19.4. The third-order valence-electron chi connectivity index (χ3n) is 5.60. The summed E-state index contributed by atoms with van der Waals surface area (Å²) in [6.07, 6.45) is -0.460. The third kappa shape index (κ3) is 4.65. The molecule has 1 aliphatic heterocycles. The van der Waals surface area contributed by atoms with Crippen LogP contribution in [0, 0.1) is 5.92 Å². The van der Waals surface area contributed by atoms with Gasteiger partial charge in [-0.05, 0) is 41.3 Å². The molecule has 1 fully saturated rings. The zero-order valence-electron chi connectivity index (χ0n) is 16.7. The standard InChI is InChI=1S/C19H23F3N6O2/c1-18(25-27-28-26-18)14-8-7-12(10-15(14)19(20,21)22)13(9-11-5-3-4-6-11)16(29)24-17(30)23-2/h7-8,10-11,13H,3-6,9H2,1-2H3,(H2,23,24,29,30). The van der Waals surface area contributed by atoms with Crippen molar-refractivity contribution in [3.63, 3.8) is 0 Å². The van der Waals surface area contributed by atoms with E-state index in [1.807, 2.05) is 0 Å². The van der Waals surface area contributed by atoms with E-state index in [2.05, 4.69) is 31.3 Å². The summed E-state index contributed by atoms with van der Waals surface area (Å²) in [6, 6.07) is 2.97. The Balaban J connectivity index is 2.01. The molecule has 1 saturated carbocycles. The summed E-state index contributed by atoms with van der Waals surface area (Å²) < 4.78 is 41.6.